The molecule has 0 saturated heterocycles. The van der Waals surface area contributed by atoms with Gasteiger partial charge in [0, 0.05) is 6.42 Å². The van der Waals surface area contributed by atoms with E-state index in [4.69, 9.17) is 0 Å². The van der Waals surface area contributed by atoms with Crippen molar-refractivity contribution in [2.45, 2.75) is 257 Å². The summed E-state index contributed by atoms with van der Waals surface area (Å²) in [6, 6.07) is -0.633. The first-order valence-corrected chi connectivity index (χ1v) is 22.6. The second-order valence-electron chi connectivity index (χ2n) is 15.5. The lowest BCUT2D eigenvalue weighted by molar-refractivity contribution is -0.123. The number of aliphatic hydroxyl groups is 2. The van der Waals surface area contributed by atoms with E-state index in [9.17, 15) is 15.0 Å². The van der Waals surface area contributed by atoms with Crippen molar-refractivity contribution in [3.05, 3.63) is 24.3 Å². The van der Waals surface area contributed by atoms with Gasteiger partial charge >= 0.3 is 0 Å². The molecule has 1 amide bonds. The van der Waals surface area contributed by atoms with E-state index < -0.39 is 12.1 Å². The molecule has 0 aliphatic carbocycles. The highest BCUT2D eigenvalue weighted by Gasteiger charge is 2.17. The number of aliphatic hydroxyl groups excluding tert-OH is 2. The van der Waals surface area contributed by atoms with E-state index >= 15 is 0 Å². The zero-order valence-corrected chi connectivity index (χ0v) is 33.9. The first kappa shape index (κ1) is 48.9. The minimum absolute atomic E-state index is 0.0705. The van der Waals surface area contributed by atoms with Gasteiger partial charge in [0.25, 0.3) is 0 Å². The predicted octanol–water partition coefficient (Wildman–Crippen LogP) is 14.0. The smallest absolute Gasteiger partial charge is 0.220 e. The zero-order valence-electron chi connectivity index (χ0n) is 33.9. The number of hydrogen-bond donors (Lipinski definition) is 3. The van der Waals surface area contributed by atoms with Crippen LogP contribution in [0.4, 0.5) is 0 Å². The molecule has 0 bridgehead atoms. The Labute approximate surface area is 313 Å². The molecule has 3 N–H and O–H groups in total. The van der Waals surface area contributed by atoms with Crippen molar-refractivity contribution < 1.29 is 15.0 Å². The Morgan fingerprint density at radius 3 is 1.16 bits per heavy atom. The summed E-state index contributed by atoms with van der Waals surface area (Å²) in [6.45, 7) is 4.30. The maximum Gasteiger partial charge on any atom is 0.220 e. The molecule has 2 atom stereocenters. The average Bonchev–Trinajstić information content (AvgIpc) is 3.12. The molecule has 0 saturated carbocycles. The number of nitrogens with one attached hydrogen (secondary N) is 1. The van der Waals surface area contributed by atoms with Gasteiger partial charge in [0.1, 0.15) is 0 Å². The monoisotopic (exact) mass is 704 g/mol. The van der Waals surface area contributed by atoms with Gasteiger partial charge in [-0.3, -0.25) is 4.79 Å². The molecule has 4 nitrogen and oxygen atoms in total. The van der Waals surface area contributed by atoms with Crippen LogP contribution in [0.2, 0.25) is 0 Å². The molecular weight excluding hydrogens is 615 g/mol. The number of carbonyl (C=O) groups excluding carboxylic acids is 1. The summed E-state index contributed by atoms with van der Waals surface area (Å²) >= 11 is 0. The van der Waals surface area contributed by atoms with Gasteiger partial charge in [-0.25, -0.2) is 0 Å². The Morgan fingerprint density at radius 2 is 0.780 bits per heavy atom. The third kappa shape index (κ3) is 38.1. The fraction of sp³-hybridized carbons (Fsp3) is 0.891. The van der Waals surface area contributed by atoms with E-state index in [2.05, 4.69) is 31.3 Å². The Kier molecular flexibility index (Phi) is 41.3. The second kappa shape index (κ2) is 42.3. The van der Waals surface area contributed by atoms with Crippen molar-refractivity contribution in [1.29, 1.82) is 0 Å². The van der Waals surface area contributed by atoms with Crippen LogP contribution < -0.4 is 5.32 Å². The van der Waals surface area contributed by atoms with Crippen molar-refractivity contribution in [2.24, 2.45) is 0 Å². The summed E-state index contributed by atoms with van der Waals surface area (Å²) in [5, 5.41) is 22.9. The number of carbonyl (C=O) groups is 1. The van der Waals surface area contributed by atoms with Crippen LogP contribution in [0.25, 0.3) is 0 Å². The molecule has 0 rings (SSSR count). The van der Waals surface area contributed by atoms with Crippen LogP contribution in [-0.4, -0.2) is 34.9 Å². The highest BCUT2D eigenvalue weighted by Crippen LogP contribution is 2.16. The summed E-state index contributed by atoms with van der Waals surface area (Å²) in [5.41, 5.74) is 0. The second-order valence-corrected chi connectivity index (χ2v) is 15.5. The summed E-state index contributed by atoms with van der Waals surface area (Å²) in [4.78, 5) is 12.4. The molecule has 4 heteroatoms. The highest BCUT2D eigenvalue weighted by molar-refractivity contribution is 5.76. The van der Waals surface area contributed by atoms with E-state index in [1.165, 1.54) is 193 Å². The van der Waals surface area contributed by atoms with Gasteiger partial charge < -0.3 is 15.5 Å². The molecule has 2 unspecified atom stereocenters. The van der Waals surface area contributed by atoms with Crippen LogP contribution >= 0.6 is 0 Å². The Morgan fingerprint density at radius 1 is 0.460 bits per heavy atom. The lowest BCUT2D eigenvalue weighted by Gasteiger charge is -2.19. The van der Waals surface area contributed by atoms with Crippen molar-refractivity contribution in [3.63, 3.8) is 0 Å². The number of allylic oxidation sites excluding steroid dienone is 3. The van der Waals surface area contributed by atoms with Gasteiger partial charge in [0.15, 0.2) is 0 Å². The van der Waals surface area contributed by atoms with Crippen molar-refractivity contribution in [3.8, 4) is 0 Å². The minimum Gasteiger partial charge on any atom is -0.394 e. The first-order valence-electron chi connectivity index (χ1n) is 22.6. The summed E-state index contributed by atoms with van der Waals surface area (Å²) in [6.07, 6.45) is 54.4. The normalized spacial score (nSPS) is 13.1. The van der Waals surface area contributed by atoms with Gasteiger partial charge in [-0.2, -0.15) is 0 Å². The summed E-state index contributed by atoms with van der Waals surface area (Å²) < 4.78 is 0. The van der Waals surface area contributed by atoms with E-state index in [0.29, 0.717) is 6.42 Å². The number of amides is 1. The molecule has 50 heavy (non-hydrogen) atoms. The quantitative estimate of drug-likeness (QED) is 0.0438. The minimum atomic E-state index is -0.857. The maximum atomic E-state index is 12.4. The van der Waals surface area contributed by atoms with Crippen LogP contribution in [0.15, 0.2) is 24.3 Å². The topological polar surface area (TPSA) is 69.6 Å². The van der Waals surface area contributed by atoms with Gasteiger partial charge in [-0.1, -0.05) is 231 Å². The molecule has 0 aromatic rings. The van der Waals surface area contributed by atoms with E-state index in [1.54, 1.807) is 6.08 Å². The number of unbranched alkanes of at least 4 members (excludes halogenated alkanes) is 32. The molecule has 0 aromatic heterocycles. The third-order valence-electron chi connectivity index (χ3n) is 10.4. The van der Waals surface area contributed by atoms with Crippen LogP contribution in [0, 0.1) is 0 Å². The molecule has 0 spiro atoms. The summed E-state index contributed by atoms with van der Waals surface area (Å²) in [5.74, 6) is -0.0705. The average molecular weight is 704 g/mol. The largest absolute Gasteiger partial charge is 0.394 e. The van der Waals surface area contributed by atoms with E-state index in [0.717, 1.165) is 32.1 Å². The molecule has 0 aliphatic rings. The lowest BCUT2D eigenvalue weighted by atomic mass is 10.0. The van der Waals surface area contributed by atoms with Crippen molar-refractivity contribution >= 4 is 5.91 Å². The lowest BCUT2D eigenvalue weighted by Crippen LogP contribution is -2.45. The van der Waals surface area contributed by atoms with Crippen LogP contribution in [0.1, 0.15) is 245 Å². The van der Waals surface area contributed by atoms with Crippen LogP contribution in [-0.2, 0) is 4.79 Å². The van der Waals surface area contributed by atoms with Crippen molar-refractivity contribution in [1.82, 2.24) is 5.32 Å². The van der Waals surface area contributed by atoms with E-state index in [1.807, 2.05) is 6.08 Å². The number of hydrogen-bond acceptors (Lipinski definition) is 3. The Hall–Kier alpha value is -1.13. The molecule has 0 aromatic carbocycles. The fourth-order valence-electron chi connectivity index (χ4n) is 6.96. The molecule has 0 radical (unpaired) electrons. The molecule has 0 heterocycles. The zero-order chi connectivity index (χ0) is 36.4. The molecule has 0 fully saturated rings. The molecule has 296 valence electrons. The fourth-order valence-corrected chi connectivity index (χ4v) is 6.96. The van der Waals surface area contributed by atoms with Gasteiger partial charge in [-0.15, -0.1) is 0 Å². The number of rotatable bonds is 41. The van der Waals surface area contributed by atoms with Crippen LogP contribution in [0.5, 0.6) is 0 Å². The van der Waals surface area contributed by atoms with Crippen LogP contribution in [0.3, 0.4) is 0 Å². The first-order chi connectivity index (χ1) is 24.7. The predicted molar refractivity (Wildman–Crippen MR) is 221 cm³/mol. The Bertz CT molecular complexity index is 720. The van der Waals surface area contributed by atoms with Crippen molar-refractivity contribution in [2.75, 3.05) is 6.61 Å². The Balaban J connectivity index is 3.49. The third-order valence-corrected chi connectivity index (χ3v) is 10.4. The highest BCUT2D eigenvalue weighted by atomic mass is 16.3. The SMILES string of the molecule is CCCCCCCCC/C=C/CC/C=C/C(O)C(CO)NC(=O)CCCCCCCCCCCCCCCCCCCCCCCCCCC. The standard InChI is InChI=1S/C46H89NO3/c1-3-5-7-9-11-13-15-17-18-19-20-21-22-23-24-25-26-27-28-30-32-34-36-38-40-42-46(50)47-44(43-48)45(49)41-39-37-35-33-31-29-16-14-12-10-8-6-4-2/h31,33,39,41,44-45,48-49H,3-30,32,34-38,40,42-43H2,1-2H3,(H,47,50)/b33-31+,41-39+. The summed E-state index contributed by atoms with van der Waals surface area (Å²) in [7, 11) is 0. The van der Waals surface area contributed by atoms with Gasteiger partial charge in [0.05, 0.1) is 18.8 Å². The van der Waals surface area contributed by atoms with E-state index in [-0.39, 0.29) is 12.5 Å². The maximum absolute atomic E-state index is 12.4. The molecule has 0 aliphatic heterocycles. The van der Waals surface area contributed by atoms with Gasteiger partial charge in [0.2, 0.25) is 5.91 Å². The molecular formula is C46H89NO3. The van der Waals surface area contributed by atoms with Gasteiger partial charge in [-0.05, 0) is 32.1 Å².